The van der Waals surface area contributed by atoms with Gasteiger partial charge in [-0.05, 0) is 25.0 Å². The number of carbonyl (C=O) groups excluding carboxylic acids is 2. The van der Waals surface area contributed by atoms with E-state index in [1.54, 1.807) is 17.0 Å². The van der Waals surface area contributed by atoms with Crippen LogP contribution in [0, 0.1) is 18.8 Å². The molecule has 6 nitrogen and oxygen atoms in total. The maximum absolute atomic E-state index is 12.4. The van der Waals surface area contributed by atoms with Crippen LogP contribution in [0.4, 0.5) is 5.69 Å². The number of aryl methyl sites for hydroxylation is 1. The lowest BCUT2D eigenvalue weighted by molar-refractivity contribution is -0.137. The summed E-state index contributed by atoms with van der Waals surface area (Å²) in [6, 6.07) is 3.45. The Morgan fingerprint density at radius 2 is 2.00 bits per heavy atom. The van der Waals surface area contributed by atoms with Gasteiger partial charge in [0.1, 0.15) is 5.75 Å². The molecule has 0 radical (unpaired) electrons. The summed E-state index contributed by atoms with van der Waals surface area (Å²) in [6.45, 7) is 4.20. The van der Waals surface area contributed by atoms with Gasteiger partial charge in [-0.3, -0.25) is 9.59 Å². The summed E-state index contributed by atoms with van der Waals surface area (Å²) in [7, 11) is 1.53. The average Bonchev–Trinajstić information content (AvgIpc) is 3.39. The molecule has 1 aromatic carbocycles. The smallest absolute Gasteiger partial charge is 0.228 e. The zero-order valence-electron chi connectivity index (χ0n) is 13.8. The third-order valence-electron chi connectivity index (χ3n) is 4.51. The zero-order valence-corrected chi connectivity index (χ0v) is 14.6. The molecule has 7 heteroatoms. The number of carbonyl (C=O) groups is 2. The van der Waals surface area contributed by atoms with Crippen molar-refractivity contribution in [1.29, 1.82) is 0 Å². The van der Waals surface area contributed by atoms with Crippen molar-refractivity contribution < 1.29 is 19.1 Å². The van der Waals surface area contributed by atoms with Crippen LogP contribution in [0.15, 0.2) is 12.1 Å². The molecule has 1 N–H and O–H groups in total. The predicted octanol–water partition coefficient (Wildman–Crippen LogP) is 2.09. The van der Waals surface area contributed by atoms with Crippen LogP contribution in [0.1, 0.15) is 12.0 Å². The molecule has 2 aliphatic rings. The predicted molar refractivity (Wildman–Crippen MR) is 90.4 cm³/mol. The van der Waals surface area contributed by atoms with Crippen LogP contribution in [-0.2, 0) is 14.3 Å². The van der Waals surface area contributed by atoms with Crippen LogP contribution in [0.25, 0.3) is 0 Å². The molecule has 1 aliphatic heterocycles. The molecule has 3 rings (SSSR count). The van der Waals surface area contributed by atoms with E-state index in [4.69, 9.17) is 21.1 Å². The molecule has 1 aromatic rings. The van der Waals surface area contributed by atoms with Crippen LogP contribution in [0.5, 0.6) is 5.75 Å². The van der Waals surface area contributed by atoms with Crippen LogP contribution in [-0.4, -0.2) is 50.1 Å². The lowest BCUT2D eigenvalue weighted by Crippen LogP contribution is -2.42. The first-order chi connectivity index (χ1) is 11.5. The van der Waals surface area contributed by atoms with E-state index in [2.05, 4.69) is 5.32 Å². The second-order valence-corrected chi connectivity index (χ2v) is 6.58. The van der Waals surface area contributed by atoms with Crippen LogP contribution < -0.4 is 10.1 Å². The van der Waals surface area contributed by atoms with Crippen molar-refractivity contribution in [2.45, 2.75) is 13.3 Å². The molecule has 0 spiro atoms. The second kappa shape index (κ2) is 6.99. The summed E-state index contributed by atoms with van der Waals surface area (Å²) in [5.41, 5.74) is 1.43. The lowest BCUT2D eigenvalue weighted by atomic mass is 10.2. The Hall–Kier alpha value is -1.79. The first kappa shape index (κ1) is 17.0. The van der Waals surface area contributed by atoms with Crippen molar-refractivity contribution in [2.24, 2.45) is 11.8 Å². The molecule has 1 saturated carbocycles. The quantitative estimate of drug-likeness (QED) is 0.901. The fourth-order valence-electron chi connectivity index (χ4n) is 2.93. The number of morpholine rings is 1. The molecule has 1 heterocycles. The van der Waals surface area contributed by atoms with Crippen LogP contribution >= 0.6 is 11.6 Å². The minimum Gasteiger partial charge on any atom is -0.495 e. The monoisotopic (exact) mass is 352 g/mol. The van der Waals surface area contributed by atoms with E-state index in [1.807, 2.05) is 6.92 Å². The molecular formula is C17H21ClN2O4. The maximum Gasteiger partial charge on any atom is 0.228 e. The molecule has 2 unspecified atom stereocenters. The normalized spacial score (nSPS) is 22.9. The first-order valence-electron chi connectivity index (χ1n) is 8.02. The molecule has 1 aliphatic carbocycles. The van der Waals surface area contributed by atoms with Crippen molar-refractivity contribution in [3.05, 3.63) is 22.7 Å². The number of benzene rings is 1. The van der Waals surface area contributed by atoms with Gasteiger partial charge in [-0.15, -0.1) is 0 Å². The highest BCUT2D eigenvalue weighted by Crippen LogP contribution is 2.42. The van der Waals surface area contributed by atoms with E-state index in [9.17, 15) is 9.59 Å². The van der Waals surface area contributed by atoms with Crippen molar-refractivity contribution >= 4 is 29.1 Å². The van der Waals surface area contributed by atoms with Crippen molar-refractivity contribution in [3.8, 4) is 5.75 Å². The Kier molecular flexibility index (Phi) is 4.96. The zero-order chi connectivity index (χ0) is 17.3. The standard InChI is InChI=1S/C17H21ClN2O4/c1-10-7-14(15(23-2)9-13(10)18)19-16(21)11-8-12(11)17(22)20-3-5-24-6-4-20/h7,9,11-12H,3-6,8H2,1-2H3,(H,19,21). The van der Waals surface area contributed by atoms with Gasteiger partial charge in [-0.1, -0.05) is 11.6 Å². The molecule has 24 heavy (non-hydrogen) atoms. The van der Waals surface area contributed by atoms with Gasteiger partial charge < -0.3 is 19.7 Å². The Balaban J connectivity index is 1.62. The van der Waals surface area contributed by atoms with E-state index in [0.29, 0.717) is 49.2 Å². The summed E-state index contributed by atoms with van der Waals surface area (Å²) in [6.07, 6.45) is 0.594. The minimum absolute atomic E-state index is 0.0534. The highest BCUT2D eigenvalue weighted by atomic mass is 35.5. The fourth-order valence-corrected chi connectivity index (χ4v) is 3.08. The number of nitrogens with zero attached hydrogens (tertiary/aromatic N) is 1. The number of nitrogens with one attached hydrogen (secondary N) is 1. The fraction of sp³-hybridized carbons (Fsp3) is 0.529. The summed E-state index contributed by atoms with van der Waals surface area (Å²) < 4.78 is 10.5. The van der Waals surface area contributed by atoms with Gasteiger partial charge in [0, 0.05) is 24.2 Å². The Morgan fingerprint density at radius 1 is 1.29 bits per heavy atom. The highest BCUT2D eigenvalue weighted by Gasteiger charge is 2.49. The molecule has 1 saturated heterocycles. The number of ether oxygens (including phenoxy) is 2. The van der Waals surface area contributed by atoms with Gasteiger partial charge in [0.2, 0.25) is 11.8 Å². The summed E-state index contributed by atoms with van der Waals surface area (Å²) in [5, 5.41) is 3.44. The Bertz CT molecular complexity index is 658. The topological polar surface area (TPSA) is 67.9 Å². The molecular weight excluding hydrogens is 332 g/mol. The van der Waals surface area contributed by atoms with Gasteiger partial charge in [0.15, 0.2) is 0 Å². The van der Waals surface area contributed by atoms with Gasteiger partial charge in [0.25, 0.3) is 0 Å². The molecule has 2 atom stereocenters. The molecule has 2 fully saturated rings. The van der Waals surface area contributed by atoms with Crippen LogP contribution in [0.3, 0.4) is 0 Å². The van der Waals surface area contributed by atoms with Gasteiger partial charge in [-0.25, -0.2) is 0 Å². The van der Waals surface area contributed by atoms with Crippen molar-refractivity contribution in [2.75, 3.05) is 38.7 Å². The van der Waals surface area contributed by atoms with Crippen molar-refractivity contribution in [1.82, 2.24) is 4.90 Å². The molecule has 2 amide bonds. The van der Waals surface area contributed by atoms with E-state index in [0.717, 1.165) is 5.56 Å². The third kappa shape index (κ3) is 3.49. The van der Waals surface area contributed by atoms with E-state index in [1.165, 1.54) is 7.11 Å². The van der Waals surface area contributed by atoms with Crippen molar-refractivity contribution in [3.63, 3.8) is 0 Å². The SMILES string of the molecule is COc1cc(Cl)c(C)cc1NC(=O)C1CC1C(=O)N1CCOCC1. The number of hydrogen-bond acceptors (Lipinski definition) is 4. The molecule has 0 aromatic heterocycles. The number of halogens is 1. The molecule has 130 valence electrons. The highest BCUT2D eigenvalue weighted by molar-refractivity contribution is 6.31. The minimum atomic E-state index is -0.277. The number of hydrogen-bond donors (Lipinski definition) is 1. The second-order valence-electron chi connectivity index (χ2n) is 6.18. The third-order valence-corrected chi connectivity index (χ3v) is 4.91. The number of amides is 2. The molecule has 0 bridgehead atoms. The number of methoxy groups -OCH3 is 1. The number of anilines is 1. The Morgan fingerprint density at radius 3 is 2.67 bits per heavy atom. The van der Waals surface area contributed by atoms with E-state index >= 15 is 0 Å². The summed E-state index contributed by atoms with van der Waals surface area (Å²) in [4.78, 5) is 26.6. The lowest BCUT2D eigenvalue weighted by Gasteiger charge is -2.27. The summed E-state index contributed by atoms with van der Waals surface area (Å²) in [5.74, 6) is -0.0847. The van der Waals surface area contributed by atoms with Crippen LogP contribution in [0.2, 0.25) is 5.02 Å². The Labute approximate surface area is 146 Å². The first-order valence-corrected chi connectivity index (χ1v) is 8.40. The van der Waals surface area contributed by atoms with Gasteiger partial charge in [-0.2, -0.15) is 0 Å². The number of rotatable bonds is 4. The maximum atomic E-state index is 12.4. The summed E-state index contributed by atoms with van der Waals surface area (Å²) >= 11 is 6.07. The largest absolute Gasteiger partial charge is 0.495 e. The van der Waals surface area contributed by atoms with E-state index < -0.39 is 0 Å². The van der Waals surface area contributed by atoms with Gasteiger partial charge in [0.05, 0.1) is 37.8 Å². The van der Waals surface area contributed by atoms with E-state index in [-0.39, 0.29) is 23.7 Å². The average molecular weight is 353 g/mol. The van der Waals surface area contributed by atoms with Gasteiger partial charge >= 0.3 is 0 Å².